The number of hydrogen-bond donors (Lipinski definition) is 0. The Morgan fingerprint density at radius 2 is 1.53 bits per heavy atom. The number of ether oxygens (including phenoxy) is 1. The lowest BCUT2D eigenvalue weighted by Gasteiger charge is -2.00. The molecular formula is C12H22O3. The molecule has 0 aliphatic carbocycles. The van der Waals surface area contributed by atoms with Crippen LogP contribution in [0, 0.1) is 0 Å². The van der Waals surface area contributed by atoms with Gasteiger partial charge in [-0.1, -0.05) is 19.8 Å². The molecule has 0 unspecified atom stereocenters. The van der Waals surface area contributed by atoms with Gasteiger partial charge in [-0.05, 0) is 19.3 Å². The van der Waals surface area contributed by atoms with Gasteiger partial charge >= 0.3 is 5.97 Å². The molecule has 15 heavy (non-hydrogen) atoms. The van der Waals surface area contributed by atoms with Crippen LogP contribution < -0.4 is 0 Å². The number of ketones is 1. The normalized spacial score (nSPS) is 10.0. The summed E-state index contributed by atoms with van der Waals surface area (Å²) >= 11 is 0. The van der Waals surface area contributed by atoms with E-state index < -0.39 is 0 Å². The lowest BCUT2D eigenvalue weighted by Crippen LogP contribution is -2.00. The predicted octanol–water partition coefficient (Wildman–Crippen LogP) is 2.87. The van der Waals surface area contributed by atoms with Gasteiger partial charge in [0.25, 0.3) is 0 Å². The monoisotopic (exact) mass is 214 g/mol. The number of carbonyl (C=O) groups is 2. The molecule has 0 saturated carbocycles. The third-order valence-electron chi connectivity index (χ3n) is 2.37. The van der Waals surface area contributed by atoms with E-state index in [2.05, 4.69) is 11.7 Å². The Hall–Kier alpha value is -0.860. The Morgan fingerprint density at radius 1 is 0.933 bits per heavy atom. The van der Waals surface area contributed by atoms with E-state index in [0.717, 1.165) is 32.1 Å². The van der Waals surface area contributed by atoms with Gasteiger partial charge in [0.1, 0.15) is 5.78 Å². The van der Waals surface area contributed by atoms with Gasteiger partial charge in [0.2, 0.25) is 0 Å². The first kappa shape index (κ1) is 14.1. The highest BCUT2D eigenvalue weighted by Gasteiger charge is 2.02. The van der Waals surface area contributed by atoms with Crippen LogP contribution in [-0.4, -0.2) is 18.9 Å². The van der Waals surface area contributed by atoms with E-state index in [1.165, 1.54) is 7.11 Å². The minimum atomic E-state index is -0.160. The zero-order chi connectivity index (χ0) is 11.5. The molecule has 0 aliphatic heterocycles. The number of hydrogen-bond acceptors (Lipinski definition) is 3. The van der Waals surface area contributed by atoms with Crippen LogP contribution in [0.5, 0.6) is 0 Å². The van der Waals surface area contributed by atoms with Crippen LogP contribution in [0.15, 0.2) is 0 Å². The zero-order valence-corrected chi connectivity index (χ0v) is 9.88. The Kier molecular flexibility index (Phi) is 9.13. The van der Waals surface area contributed by atoms with E-state index in [-0.39, 0.29) is 5.97 Å². The van der Waals surface area contributed by atoms with Gasteiger partial charge in [-0.3, -0.25) is 9.59 Å². The van der Waals surface area contributed by atoms with E-state index in [0.29, 0.717) is 25.0 Å². The number of Topliss-reactive ketones (excluding diaryl/α,β-unsaturated/α-hetero) is 1. The molecule has 0 fully saturated rings. The summed E-state index contributed by atoms with van der Waals surface area (Å²) in [5.74, 6) is 0.197. The molecule has 0 rings (SSSR count). The average molecular weight is 214 g/mol. The Bertz CT molecular complexity index is 187. The second kappa shape index (κ2) is 9.69. The quantitative estimate of drug-likeness (QED) is 0.438. The van der Waals surface area contributed by atoms with Crippen molar-refractivity contribution in [3.63, 3.8) is 0 Å². The Labute approximate surface area is 92.2 Å². The lowest BCUT2D eigenvalue weighted by molar-refractivity contribution is -0.140. The fourth-order valence-corrected chi connectivity index (χ4v) is 1.37. The maximum absolute atomic E-state index is 11.3. The fraction of sp³-hybridized carbons (Fsp3) is 0.833. The summed E-state index contributed by atoms with van der Waals surface area (Å²) in [6.45, 7) is 2.09. The molecule has 3 heteroatoms. The van der Waals surface area contributed by atoms with E-state index in [1.807, 2.05) is 0 Å². The summed E-state index contributed by atoms with van der Waals surface area (Å²) < 4.78 is 4.53. The molecule has 0 heterocycles. The first-order chi connectivity index (χ1) is 7.20. The number of unbranched alkanes of at least 4 members (excludes halogenated alkanes) is 3. The van der Waals surface area contributed by atoms with Crippen molar-refractivity contribution in [2.24, 2.45) is 0 Å². The van der Waals surface area contributed by atoms with E-state index in [4.69, 9.17) is 0 Å². The minimum absolute atomic E-state index is 0.160. The molecule has 0 aromatic carbocycles. The SMILES string of the molecule is CCCCC(=O)CCCCCC(=O)OC. The number of carbonyl (C=O) groups excluding carboxylic acids is 2. The summed E-state index contributed by atoms with van der Waals surface area (Å²) in [5, 5.41) is 0. The second-order valence-corrected chi connectivity index (χ2v) is 3.78. The van der Waals surface area contributed by atoms with Crippen molar-refractivity contribution in [2.75, 3.05) is 7.11 Å². The molecule has 0 atom stereocenters. The van der Waals surface area contributed by atoms with Crippen molar-refractivity contribution in [3.05, 3.63) is 0 Å². The highest BCUT2D eigenvalue weighted by atomic mass is 16.5. The molecule has 3 nitrogen and oxygen atoms in total. The van der Waals surface area contributed by atoms with Crippen molar-refractivity contribution < 1.29 is 14.3 Å². The van der Waals surface area contributed by atoms with Crippen LogP contribution >= 0.6 is 0 Å². The van der Waals surface area contributed by atoms with E-state index in [9.17, 15) is 9.59 Å². The molecule has 0 aromatic rings. The lowest BCUT2D eigenvalue weighted by atomic mass is 10.1. The molecule has 88 valence electrons. The largest absolute Gasteiger partial charge is 0.469 e. The van der Waals surface area contributed by atoms with Gasteiger partial charge in [-0.2, -0.15) is 0 Å². The molecule has 0 saturated heterocycles. The minimum Gasteiger partial charge on any atom is -0.469 e. The van der Waals surface area contributed by atoms with Crippen LogP contribution in [0.3, 0.4) is 0 Å². The third kappa shape index (κ3) is 9.44. The summed E-state index contributed by atoms with van der Waals surface area (Å²) in [5.41, 5.74) is 0. The van der Waals surface area contributed by atoms with Crippen LogP contribution in [0.1, 0.15) is 58.3 Å². The summed E-state index contributed by atoms with van der Waals surface area (Å²) in [6.07, 6.45) is 6.60. The van der Waals surface area contributed by atoms with Crippen molar-refractivity contribution in [1.82, 2.24) is 0 Å². The summed E-state index contributed by atoms with van der Waals surface area (Å²) in [4.78, 5) is 22.0. The molecule has 0 radical (unpaired) electrons. The van der Waals surface area contributed by atoms with Gasteiger partial charge < -0.3 is 4.74 Å². The van der Waals surface area contributed by atoms with Crippen molar-refractivity contribution >= 4 is 11.8 Å². The number of methoxy groups -OCH3 is 1. The molecule has 0 bridgehead atoms. The molecule has 0 amide bonds. The molecule has 0 aromatic heterocycles. The second-order valence-electron chi connectivity index (χ2n) is 3.78. The van der Waals surface area contributed by atoms with Crippen molar-refractivity contribution in [3.8, 4) is 0 Å². The average Bonchev–Trinajstić information content (AvgIpc) is 2.25. The van der Waals surface area contributed by atoms with Crippen molar-refractivity contribution in [2.45, 2.75) is 58.3 Å². The standard InChI is InChI=1S/C12H22O3/c1-3-4-8-11(13)9-6-5-7-10-12(14)15-2/h3-10H2,1-2H3. The highest BCUT2D eigenvalue weighted by molar-refractivity contribution is 5.78. The molecule has 0 spiro atoms. The molecule has 0 aliphatic rings. The number of rotatable bonds is 9. The fourth-order valence-electron chi connectivity index (χ4n) is 1.37. The first-order valence-electron chi connectivity index (χ1n) is 5.79. The summed E-state index contributed by atoms with van der Waals surface area (Å²) in [7, 11) is 1.40. The maximum atomic E-state index is 11.3. The van der Waals surface area contributed by atoms with Gasteiger partial charge in [-0.25, -0.2) is 0 Å². The maximum Gasteiger partial charge on any atom is 0.305 e. The van der Waals surface area contributed by atoms with Gasteiger partial charge in [0.05, 0.1) is 7.11 Å². The van der Waals surface area contributed by atoms with Crippen LogP contribution in [0.2, 0.25) is 0 Å². The van der Waals surface area contributed by atoms with Crippen LogP contribution in [0.25, 0.3) is 0 Å². The van der Waals surface area contributed by atoms with E-state index >= 15 is 0 Å². The van der Waals surface area contributed by atoms with Gasteiger partial charge in [0, 0.05) is 19.3 Å². The smallest absolute Gasteiger partial charge is 0.305 e. The molecule has 0 N–H and O–H groups in total. The predicted molar refractivity (Wildman–Crippen MR) is 59.6 cm³/mol. The van der Waals surface area contributed by atoms with E-state index in [1.54, 1.807) is 0 Å². The summed E-state index contributed by atoms with van der Waals surface area (Å²) in [6, 6.07) is 0. The van der Waals surface area contributed by atoms with Crippen molar-refractivity contribution in [1.29, 1.82) is 0 Å². The first-order valence-corrected chi connectivity index (χ1v) is 5.79. The Morgan fingerprint density at radius 3 is 2.13 bits per heavy atom. The van der Waals surface area contributed by atoms with Crippen LogP contribution in [-0.2, 0) is 14.3 Å². The Balaban J connectivity index is 3.23. The van der Waals surface area contributed by atoms with Gasteiger partial charge in [0.15, 0.2) is 0 Å². The highest BCUT2D eigenvalue weighted by Crippen LogP contribution is 2.07. The third-order valence-corrected chi connectivity index (χ3v) is 2.37. The number of esters is 1. The topological polar surface area (TPSA) is 43.4 Å². The molecular weight excluding hydrogens is 192 g/mol. The van der Waals surface area contributed by atoms with Gasteiger partial charge in [-0.15, -0.1) is 0 Å². The zero-order valence-electron chi connectivity index (χ0n) is 9.88. The van der Waals surface area contributed by atoms with Crippen LogP contribution in [0.4, 0.5) is 0 Å².